The van der Waals surface area contributed by atoms with Gasteiger partial charge in [0.05, 0.1) is 22.3 Å². The molecule has 5 fully saturated rings. The third kappa shape index (κ3) is 6.92. The van der Waals surface area contributed by atoms with Crippen molar-refractivity contribution < 1.29 is 104 Å². The molecule has 5 aliphatic carbocycles. The van der Waals surface area contributed by atoms with Gasteiger partial charge in [-0.1, -0.05) is 24.3 Å². The van der Waals surface area contributed by atoms with Gasteiger partial charge < -0.3 is 19.7 Å². The van der Waals surface area contributed by atoms with E-state index in [2.05, 4.69) is 24.3 Å². The number of benzene rings is 4. The fraction of sp³-hybridized carbons (Fsp3) is 0.349. The van der Waals surface area contributed by atoms with Crippen LogP contribution < -0.4 is 9.47 Å². The second-order valence-corrected chi connectivity index (χ2v) is 15.4. The number of carbonyl (C=O) groups excluding carboxylic acids is 2. The Morgan fingerprint density at radius 2 is 0.887 bits per heavy atom. The number of aromatic carboxylic acids is 2. The first-order valence-electron chi connectivity index (χ1n) is 18.0. The first kappa shape index (κ1) is 38.3. The van der Waals surface area contributed by atoms with Gasteiger partial charge in [-0.2, -0.15) is 0 Å². The van der Waals surface area contributed by atoms with Gasteiger partial charge in [-0.3, -0.25) is 0 Å². The summed E-state index contributed by atoms with van der Waals surface area (Å²) in [6, 6.07) is 27.6. The molecule has 0 heterocycles. The van der Waals surface area contributed by atoms with Gasteiger partial charge in [0.25, 0.3) is 0 Å². The van der Waals surface area contributed by atoms with Crippen LogP contribution in [0.15, 0.2) is 97.1 Å². The van der Waals surface area contributed by atoms with E-state index < -0.39 is 23.9 Å². The van der Waals surface area contributed by atoms with Gasteiger partial charge in [-0.25, -0.2) is 19.2 Å². The maximum absolute atomic E-state index is 12.7. The number of hydrogen-bond donors (Lipinski definition) is 2. The minimum atomic E-state index is -1.04. The van der Waals surface area contributed by atoms with E-state index in [0.29, 0.717) is 40.4 Å². The van der Waals surface area contributed by atoms with Crippen LogP contribution in [0.5, 0.6) is 11.5 Å². The molecule has 2 radical (unpaired) electrons. The maximum Gasteiger partial charge on any atom is 0.343 e. The monoisotopic (exact) mass is 860 g/mol. The van der Waals surface area contributed by atoms with Crippen LogP contribution in [0.2, 0.25) is 0 Å². The third-order valence-corrected chi connectivity index (χ3v) is 13.2. The van der Waals surface area contributed by atoms with E-state index in [1.807, 2.05) is 24.3 Å². The van der Waals surface area contributed by atoms with E-state index in [9.17, 15) is 19.2 Å². The van der Waals surface area contributed by atoms with E-state index in [0.717, 1.165) is 41.4 Å². The Balaban J connectivity index is 0.00000218. The van der Waals surface area contributed by atoms with Crippen LogP contribution in [0.3, 0.4) is 0 Å². The molecule has 264 valence electrons. The summed E-state index contributed by atoms with van der Waals surface area (Å²) in [6.07, 6.45) is 6.44. The molecule has 8 nitrogen and oxygen atoms in total. The van der Waals surface area contributed by atoms with Crippen LogP contribution in [0.25, 0.3) is 0 Å². The first-order valence-corrected chi connectivity index (χ1v) is 18.0. The molecule has 0 amide bonds. The quantitative estimate of drug-likeness (QED) is 0.103. The van der Waals surface area contributed by atoms with Gasteiger partial charge >= 0.3 is 23.9 Å². The smallest absolute Gasteiger partial charge is 0.343 e. The normalized spacial score (nSPS) is 29.7. The van der Waals surface area contributed by atoms with Crippen molar-refractivity contribution in [3.8, 4) is 11.5 Å². The Morgan fingerprint density at radius 1 is 0.453 bits per heavy atom. The summed E-state index contributed by atoms with van der Waals surface area (Å²) in [4.78, 5) is 47.5. The number of ether oxygens (including phenoxy) is 2. The van der Waals surface area contributed by atoms with Crippen molar-refractivity contribution in [1.82, 2.24) is 0 Å². The van der Waals surface area contributed by atoms with Gasteiger partial charge in [0, 0.05) is 65.4 Å². The number of carboxylic acids is 2. The molecule has 0 saturated heterocycles. The van der Waals surface area contributed by atoms with Gasteiger partial charge in [-0.05, 0) is 175 Å². The van der Waals surface area contributed by atoms with Crippen LogP contribution in [-0.2, 0) is 65.4 Å². The minimum absolute atomic E-state index is 0. The van der Waals surface area contributed by atoms with Crippen molar-refractivity contribution in [1.29, 1.82) is 0 Å². The van der Waals surface area contributed by atoms with Crippen LogP contribution >= 0.6 is 0 Å². The number of fused-ring (bicyclic) bond motifs is 12. The Bertz CT molecular complexity index is 2030. The molecule has 4 aromatic carbocycles. The average Bonchev–Trinajstić information content (AvgIpc) is 3.97. The number of carbonyl (C=O) groups is 4. The maximum atomic E-state index is 12.7. The number of carboxylic acid groups (broad SMARTS) is 2. The fourth-order valence-electron chi connectivity index (χ4n) is 11.4. The molecule has 0 spiro atoms. The van der Waals surface area contributed by atoms with E-state index >= 15 is 0 Å². The summed E-state index contributed by atoms with van der Waals surface area (Å²) in [5.74, 6) is 5.35. The molecule has 10 heteroatoms. The zero-order valence-corrected chi connectivity index (χ0v) is 34.7. The molecule has 2 N–H and O–H groups in total. The Morgan fingerprint density at radius 3 is 1.36 bits per heavy atom. The molecule has 9 rings (SSSR count). The summed E-state index contributed by atoms with van der Waals surface area (Å²) >= 11 is 0. The van der Waals surface area contributed by atoms with E-state index in [-0.39, 0.29) is 76.5 Å². The topological polar surface area (TPSA) is 127 Å². The van der Waals surface area contributed by atoms with E-state index in [1.165, 1.54) is 91.8 Å². The second-order valence-electron chi connectivity index (χ2n) is 15.4. The second kappa shape index (κ2) is 15.2. The largest absolute Gasteiger partial charge is 0.478 e. The summed E-state index contributed by atoms with van der Waals surface area (Å²) < 4.78 is 11.2. The van der Waals surface area contributed by atoms with Crippen LogP contribution in [0, 0.1) is 47.3 Å². The molecular weight excluding hydrogens is 822 g/mol. The zero-order chi connectivity index (χ0) is 35.0. The average molecular weight is 861 g/mol. The Labute approximate surface area is 358 Å². The molecule has 5 saturated carbocycles. The predicted molar refractivity (Wildman–Crippen MR) is 186 cm³/mol. The number of hydrogen-bond acceptors (Lipinski definition) is 6. The molecule has 4 aromatic rings. The Hall–Kier alpha value is -3.03. The van der Waals surface area contributed by atoms with Crippen molar-refractivity contribution in [2.45, 2.75) is 43.9 Å². The molecule has 10 atom stereocenters. The molecule has 0 aromatic heterocycles. The van der Waals surface area contributed by atoms with Crippen LogP contribution in [0.4, 0.5) is 0 Å². The van der Waals surface area contributed by atoms with E-state index in [1.54, 1.807) is 0 Å². The summed E-state index contributed by atoms with van der Waals surface area (Å²) in [5, 5.41) is 18.2. The standard InChI is InChI=1S/C43H38O8.2Y/c44-40(45)24-1-5-26(6-2-24)42(48)50-30-13-9-22(10-14-30)28-17-33-34(18-28)37-21-36(33)38-29-19-32(35(20-29)39(37)38)23-11-15-31(16-12-23)51-43(49)27-7-3-25(4-8-27)41(46)47;;/h1-16,28-29,32-39H,17-21H2,(H,44,45)(H,46,47);;. The van der Waals surface area contributed by atoms with E-state index in [4.69, 9.17) is 19.7 Å². The number of esters is 2. The minimum Gasteiger partial charge on any atom is -0.478 e. The summed E-state index contributed by atoms with van der Waals surface area (Å²) in [6.45, 7) is 0. The molecule has 0 aliphatic heterocycles. The van der Waals surface area contributed by atoms with Crippen molar-refractivity contribution in [2.75, 3.05) is 0 Å². The van der Waals surface area contributed by atoms with Gasteiger partial charge in [-0.15, -0.1) is 0 Å². The molecule has 4 bridgehead atoms. The van der Waals surface area contributed by atoms with Gasteiger partial charge in [0.2, 0.25) is 0 Å². The van der Waals surface area contributed by atoms with Gasteiger partial charge in [0.15, 0.2) is 0 Å². The van der Waals surface area contributed by atoms with Crippen molar-refractivity contribution in [3.63, 3.8) is 0 Å². The zero-order valence-electron chi connectivity index (χ0n) is 29.0. The summed E-state index contributed by atoms with van der Waals surface area (Å²) in [5.41, 5.74) is 3.53. The molecule has 5 aliphatic rings. The third-order valence-electron chi connectivity index (χ3n) is 13.2. The molecule has 53 heavy (non-hydrogen) atoms. The van der Waals surface area contributed by atoms with Gasteiger partial charge in [0.1, 0.15) is 11.5 Å². The SMILES string of the molecule is O=C(O)c1ccc(C(=O)Oc2ccc(C3CC4C(C3)C3CC4C4C5CC(c6ccc(OC(=O)c7ccc(C(=O)O)cc7)cc6)C(C5)C34)cc2)cc1.[Y].[Y]. The summed E-state index contributed by atoms with van der Waals surface area (Å²) in [7, 11) is 0. The van der Waals surface area contributed by atoms with Crippen LogP contribution in [0.1, 0.15) is 96.5 Å². The van der Waals surface area contributed by atoms with Crippen LogP contribution in [-0.4, -0.2) is 34.1 Å². The molecular formula is C43H38O8Y2. The number of rotatable bonds is 8. The molecule has 10 unspecified atom stereocenters. The van der Waals surface area contributed by atoms with Crippen molar-refractivity contribution in [3.05, 3.63) is 130 Å². The van der Waals surface area contributed by atoms with Crippen molar-refractivity contribution >= 4 is 23.9 Å². The Kier molecular flexibility index (Phi) is 11.0. The fourth-order valence-corrected chi connectivity index (χ4v) is 11.4. The van der Waals surface area contributed by atoms with Crippen molar-refractivity contribution in [2.24, 2.45) is 47.3 Å². The first-order chi connectivity index (χ1) is 24.7. The predicted octanol–water partition coefficient (Wildman–Crippen LogP) is 8.33.